The number of hydrogen-bond acceptors (Lipinski definition) is 4. The lowest BCUT2D eigenvalue weighted by atomic mass is 9.94. The van der Waals surface area contributed by atoms with Crippen molar-refractivity contribution in [3.63, 3.8) is 0 Å². The van der Waals surface area contributed by atoms with Gasteiger partial charge in [-0.15, -0.1) is 0 Å². The predicted molar refractivity (Wildman–Crippen MR) is 80.6 cm³/mol. The summed E-state index contributed by atoms with van der Waals surface area (Å²) in [6.45, 7) is 5.57. The fourth-order valence-electron chi connectivity index (χ4n) is 3.04. The minimum atomic E-state index is -0.335. The second-order valence-corrected chi connectivity index (χ2v) is 5.52. The van der Waals surface area contributed by atoms with Crippen molar-refractivity contribution in [2.45, 2.75) is 25.7 Å². The summed E-state index contributed by atoms with van der Waals surface area (Å²) < 4.78 is 6.75. The molecule has 0 bridgehead atoms. The normalized spacial score (nSPS) is 17.2. The molecular weight excluding hydrogens is 266 g/mol. The summed E-state index contributed by atoms with van der Waals surface area (Å²) >= 11 is 0. The number of piperidine rings is 1. The molecule has 2 aromatic heterocycles. The Balaban J connectivity index is 1.89. The van der Waals surface area contributed by atoms with Crippen LogP contribution in [0.4, 0.5) is 0 Å². The monoisotopic (exact) mass is 287 g/mol. The van der Waals surface area contributed by atoms with E-state index in [1.54, 1.807) is 6.07 Å². The third-order valence-corrected chi connectivity index (χ3v) is 4.36. The van der Waals surface area contributed by atoms with E-state index in [2.05, 4.69) is 11.8 Å². The first-order chi connectivity index (χ1) is 10.2. The Morgan fingerprint density at radius 1 is 1.43 bits per heavy atom. The summed E-state index contributed by atoms with van der Waals surface area (Å²) in [5, 5.41) is 0. The van der Waals surface area contributed by atoms with E-state index in [0.29, 0.717) is 17.1 Å². The molecule has 1 aliphatic rings. The lowest BCUT2D eigenvalue weighted by Gasteiger charge is -2.30. The van der Waals surface area contributed by atoms with Gasteiger partial charge in [0.1, 0.15) is 5.56 Å². The van der Waals surface area contributed by atoms with Gasteiger partial charge in [0.15, 0.2) is 5.65 Å². The molecular formula is C16H21N3O2. The van der Waals surface area contributed by atoms with Crippen LogP contribution >= 0.6 is 0 Å². The fraction of sp³-hybridized carbons (Fsp3) is 0.500. The first kappa shape index (κ1) is 14.1. The number of pyridine rings is 1. The molecule has 0 aromatic carbocycles. The number of imidazole rings is 1. The number of esters is 1. The number of aromatic nitrogens is 2. The number of likely N-dealkylation sites (tertiary alicyclic amines) is 1. The number of nitrogens with zero attached hydrogens (tertiary/aromatic N) is 3. The van der Waals surface area contributed by atoms with Crippen LogP contribution in [0.2, 0.25) is 0 Å². The maximum Gasteiger partial charge on any atom is 0.341 e. The van der Waals surface area contributed by atoms with Crippen molar-refractivity contribution in [3.8, 4) is 0 Å². The lowest BCUT2D eigenvalue weighted by Crippen LogP contribution is -2.32. The topological polar surface area (TPSA) is 46.8 Å². The smallest absolute Gasteiger partial charge is 0.341 e. The number of carbonyl (C=O) groups excluding carboxylic acids is 1. The van der Waals surface area contributed by atoms with Crippen LogP contribution in [-0.2, 0) is 4.74 Å². The fourth-order valence-corrected chi connectivity index (χ4v) is 3.04. The summed E-state index contributed by atoms with van der Waals surface area (Å²) in [4.78, 5) is 19.0. The van der Waals surface area contributed by atoms with Gasteiger partial charge in [0.05, 0.1) is 12.8 Å². The van der Waals surface area contributed by atoms with Gasteiger partial charge >= 0.3 is 5.97 Å². The Morgan fingerprint density at radius 2 is 2.19 bits per heavy atom. The Kier molecular flexibility index (Phi) is 3.92. The first-order valence-corrected chi connectivity index (χ1v) is 7.51. The molecule has 2 aromatic rings. The highest BCUT2D eigenvalue weighted by Crippen LogP contribution is 2.28. The Morgan fingerprint density at radius 3 is 2.86 bits per heavy atom. The number of fused-ring (bicyclic) bond motifs is 1. The molecule has 0 radical (unpaired) electrons. The van der Waals surface area contributed by atoms with Crippen LogP contribution in [0.1, 0.15) is 41.7 Å². The predicted octanol–water partition coefficient (Wildman–Crippen LogP) is 2.32. The highest BCUT2D eigenvalue weighted by Gasteiger charge is 2.23. The lowest BCUT2D eigenvalue weighted by molar-refractivity contribution is 0.0602. The van der Waals surface area contributed by atoms with Gasteiger partial charge in [-0.05, 0) is 44.6 Å². The molecule has 5 heteroatoms. The van der Waals surface area contributed by atoms with Crippen molar-refractivity contribution in [1.29, 1.82) is 0 Å². The standard InChI is InChI=1S/C16H21N3O2/c1-3-18-9-6-12(7-10-18)14-11-19-8-4-5-13(15(19)17-14)16(20)21-2/h4-5,8,11-12H,3,6-7,9-10H2,1-2H3. The summed E-state index contributed by atoms with van der Waals surface area (Å²) in [7, 11) is 1.40. The van der Waals surface area contributed by atoms with Crippen LogP contribution in [0.15, 0.2) is 24.5 Å². The summed E-state index contributed by atoms with van der Waals surface area (Å²) in [5.41, 5.74) is 2.30. The van der Waals surface area contributed by atoms with Crippen LogP contribution < -0.4 is 0 Å². The van der Waals surface area contributed by atoms with Gasteiger partial charge in [-0.25, -0.2) is 9.78 Å². The van der Waals surface area contributed by atoms with Gasteiger partial charge in [-0.1, -0.05) is 6.92 Å². The molecule has 3 heterocycles. The summed E-state index contributed by atoms with van der Waals surface area (Å²) in [6, 6.07) is 3.61. The molecule has 0 saturated carbocycles. The van der Waals surface area contributed by atoms with Crippen LogP contribution in [-0.4, -0.2) is 47.0 Å². The minimum Gasteiger partial charge on any atom is -0.465 e. The van der Waals surface area contributed by atoms with Crippen molar-refractivity contribution in [3.05, 3.63) is 35.8 Å². The maximum absolute atomic E-state index is 11.8. The molecule has 1 saturated heterocycles. The highest BCUT2D eigenvalue weighted by atomic mass is 16.5. The van der Waals surface area contributed by atoms with E-state index in [-0.39, 0.29) is 5.97 Å². The molecule has 0 amide bonds. The summed E-state index contributed by atoms with van der Waals surface area (Å²) in [6.07, 6.45) is 6.24. The average Bonchev–Trinajstić information content (AvgIpc) is 2.98. The molecule has 3 rings (SSSR count). The van der Waals surface area contributed by atoms with Gasteiger partial charge in [0, 0.05) is 18.3 Å². The van der Waals surface area contributed by atoms with Gasteiger partial charge in [0.25, 0.3) is 0 Å². The largest absolute Gasteiger partial charge is 0.465 e. The summed E-state index contributed by atoms with van der Waals surface area (Å²) in [5.74, 6) is 0.150. The quantitative estimate of drug-likeness (QED) is 0.813. The van der Waals surface area contributed by atoms with Crippen molar-refractivity contribution in [2.24, 2.45) is 0 Å². The van der Waals surface area contributed by atoms with E-state index in [1.165, 1.54) is 7.11 Å². The van der Waals surface area contributed by atoms with E-state index in [0.717, 1.165) is 38.2 Å². The Bertz CT molecular complexity index is 642. The van der Waals surface area contributed by atoms with E-state index >= 15 is 0 Å². The molecule has 5 nitrogen and oxygen atoms in total. The van der Waals surface area contributed by atoms with Crippen molar-refractivity contribution in [1.82, 2.24) is 14.3 Å². The zero-order chi connectivity index (χ0) is 14.8. The van der Waals surface area contributed by atoms with Crippen molar-refractivity contribution in [2.75, 3.05) is 26.7 Å². The number of carbonyl (C=O) groups is 1. The van der Waals surface area contributed by atoms with Crippen LogP contribution in [0.3, 0.4) is 0 Å². The number of methoxy groups -OCH3 is 1. The molecule has 0 aliphatic carbocycles. The third kappa shape index (κ3) is 2.65. The zero-order valence-corrected chi connectivity index (χ0v) is 12.6. The molecule has 1 fully saturated rings. The van der Waals surface area contributed by atoms with E-state index < -0.39 is 0 Å². The SMILES string of the molecule is CCN1CCC(c2cn3cccc(C(=O)OC)c3n2)CC1. The van der Waals surface area contributed by atoms with Crippen molar-refractivity contribution < 1.29 is 9.53 Å². The second-order valence-electron chi connectivity index (χ2n) is 5.52. The highest BCUT2D eigenvalue weighted by molar-refractivity contribution is 5.95. The van der Waals surface area contributed by atoms with Gasteiger partial charge in [-0.3, -0.25) is 0 Å². The average molecular weight is 287 g/mol. The maximum atomic E-state index is 11.8. The van der Waals surface area contributed by atoms with Gasteiger partial charge in [0.2, 0.25) is 0 Å². The third-order valence-electron chi connectivity index (χ3n) is 4.36. The van der Waals surface area contributed by atoms with E-state index in [1.807, 2.05) is 22.9 Å². The molecule has 0 atom stereocenters. The number of hydrogen-bond donors (Lipinski definition) is 0. The molecule has 1 aliphatic heterocycles. The number of ether oxygens (including phenoxy) is 1. The minimum absolute atomic E-state index is 0.335. The van der Waals surface area contributed by atoms with Crippen molar-refractivity contribution >= 4 is 11.6 Å². The molecule has 0 spiro atoms. The zero-order valence-electron chi connectivity index (χ0n) is 12.6. The number of rotatable bonds is 3. The van der Waals surface area contributed by atoms with Crippen LogP contribution in [0.5, 0.6) is 0 Å². The van der Waals surface area contributed by atoms with Gasteiger partial charge < -0.3 is 14.0 Å². The van der Waals surface area contributed by atoms with E-state index in [9.17, 15) is 4.79 Å². The second kappa shape index (κ2) is 5.85. The van der Waals surface area contributed by atoms with Gasteiger partial charge in [-0.2, -0.15) is 0 Å². The Hall–Kier alpha value is -1.88. The Labute approximate surface area is 124 Å². The van der Waals surface area contributed by atoms with Crippen LogP contribution in [0, 0.1) is 0 Å². The van der Waals surface area contributed by atoms with E-state index in [4.69, 9.17) is 9.72 Å². The molecule has 0 unspecified atom stereocenters. The molecule has 21 heavy (non-hydrogen) atoms. The molecule has 112 valence electrons. The first-order valence-electron chi connectivity index (χ1n) is 7.51. The van der Waals surface area contributed by atoms with Crippen LogP contribution in [0.25, 0.3) is 5.65 Å². The molecule has 0 N–H and O–H groups in total.